The third-order valence-electron chi connectivity index (χ3n) is 5.63. The highest BCUT2D eigenvalue weighted by molar-refractivity contribution is 5.80. The molecule has 1 aromatic carbocycles. The van der Waals surface area contributed by atoms with E-state index in [2.05, 4.69) is 33.6 Å². The molecule has 0 spiro atoms. The van der Waals surface area contributed by atoms with Gasteiger partial charge in [0.15, 0.2) is 5.96 Å². The first-order valence-electron chi connectivity index (χ1n) is 10.5. The number of likely N-dealkylation sites (tertiary alicyclic amines) is 1. The maximum absolute atomic E-state index is 10.7. The van der Waals surface area contributed by atoms with Gasteiger partial charge in [0.2, 0.25) is 0 Å². The van der Waals surface area contributed by atoms with Crippen LogP contribution in [0.5, 0.6) is 11.5 Å². The molecule has 3 atom stereocenters. The van der Waals surface area contributed by atoms with Gasteiger partial charge in [0.25, 0.3) is 0 Å². The number of ether oxygens (including phenoxy) is 2. The Morgan fingerprint density at radius 1 is 1.30 bits per heavy atom. The number of aliphatic hydroxyl groups excluding tert-OH is 1. The van der Waals surface area contributed by atoms with Crippen molar-refractivity contribution < 1.29 is 14.6 Å². The molecule has 0 amide bonds. The molecule has 3 unspecified atom stereocenters. The number of nitrogens with zero attached hydrogens (tertiary/aromatic N) is 4. The number of rotatable bonds is 7. The van der Waals surface area contributed by atoms with Crippen LogP contribution >= 0.6 is 0 Å². The van der Waals surface area contributed by atoms with Gasteiger partial charge >= 0.3 is 0 Å². The predicted octanol–water partition coefficient (Wildman–Crippen LogP) is 2.48. The molecular formula is C22H33N5O3. The quantitative estimate of drug-likeness (QED) is 0.534. The summed E-state index contributed by atoms with van der Waals surface area (Å²) in [4.78, 5) is 11.2. The van der Waals surface area contributed by atoms with Gasteiger partial charge in [-0.3, -0.25) is 4.99 Å². The Bertz CT molecular complexity index is 802. The summed E-state index contributed by atoms with van der Waals surface area (Å²) >= 11 is 0. The number of methoxy groups -OCH3 is 2. The SMILES string of the molecule is CCNC(=NCC(O)c1cc(OC)cc(OC)c1)N1CCC(C)C(n2ccnc2)C1. The van der Waals surface area contributed by atoms with Gasteiger partial charge in [-0.2, -0.15) is 0 Å². The maximum atomic E-state index is 10.7. The average Bonchev–Trinajstić information content (AvgIpc) is 3.31. The van der Waals surface area contributed by atoms with E-state index in [1.807, 2.05) is 30.9 Å². The zero-order valence-electron chi connectivity index (χ0n) is 18.3. The van der Waals surface area contributed by atoms with Crippen molar-refractivity contribution in [2.75, 3.05) is 40.4 Å². The molecule has 0 saturated carbocycles. The highest BCUT2D eigenvalue weighted by atomic mass is 16.5. The van der Waals surface area contributed by atoms with Gasteiger partial charge in [-0.05, 0) is 37.0 Å². The molecule has 1 aromatic heterocycles. The Kier molecular flexibility index (Phi) is 7.57. The van der Waals surface area contributed by atoms with Crippen LogP contribution in [0.3, 0.4) is 0 Å². The van der Waals surface area contributed by atoms with Gasteiger partial charge in [-0.25, -0.2) is 4.98 Å². The Morgan fingerprint density at radius 3 is 2.63 bits per heavy atom. The molecular weight excluding hydrogens is 382 g/mol. The van der Waals surface area contributed by atoms with Gasteiger partial charge in [-0.15, -0.1) is 0 Å². The standard InChI is InChI=1S/C22H33N5O3/c1-5-24-22(26-8-6-16(2)20(14-26)27-9-7-23-15-27)25-13-21(28)17-10-18(29-3)12-19(11-17)30-4/h7,9-12,15-16,20-21,28H,5-6,8,13-14H2,1-4H3,(H,24,25). The number of nitrogens with one attached hydrogen (secondary N) is 1. The first kappa shape index (κ1) is 22.0. The Balaban J connectivity index is 1.74. The number of hydrogen-bond acceptors (Lipinski definition) is 5. The number of piperidine rings is 1. The molecule has 0 radical (unpaired) electrons. The molecule has 8 heteroatoms. The van der Waals surface area contributed by atoms with E-state index in [-0.39, 0.29) is 6.54 Å². The van der Waals surface area contributed by atoms with Crippen LogP contribution in [0.25, 0.3) is 0 Å². The van der Waals surface area contributed by atoms with Crippen molar-refractivity contribution in [2.24, 2.45) is 10.9 Å². The molecule has 2 heterocycles. The summed E-state index contributed by atoms with van der Waals surface area (Å²) in [5.74, 6) is 2.68. The summed E-state index contributed by atoms with van der Waals surface area (Å²) < 4.78 is 12.8. The van der Waals surface area contributed by atoms with Gasteiger partial charge in [0.05, 0.1) is 39.2 Å². The third-order valence-corrected chi connectivity index (χ3v) is 5.63. The highest BCUT2D eigenvalue weighted by Gasteiger charge is 2.29. The molecule has 2 N–H and O–H groups in total. The highest BCUT2D eigenvalue weighted by Crippen LogP contribution is 2.28. The lowest BCUT2D eigenvalue weighted by atomic mass is 9.93. The molecule has 1 aliphatic rings. The van der Waals surface area contributed by atoms with Crippen molar-refractivity contribution in [1.29, 1.82) is 0 Å². The van der Waals surface area contributed by atoms with Crippen LogP contribution in [0.4, 0.5) is 0 Å². The van der Waals surface area contributed by atoms with Crippen molar-refractivity contribution in [3.63, 3.8) is 0 Å². The maximum Gasteiger partial charge on any atom is 0.194 e. The normalized spacial score (nSPS) is 20.7. The fourth-order valence-electron chi connectivity index (χ4n) is 3.82. The van der Waals surface area contributed by atoms with Crippen LogP contribution < -0.4 is 14.8 Å². The van der Waals surface area contributed by atoms with Gasteiger partial charge in [0.1, 0.15) is 11.5 Å². The first-order valence-corrected chi connectivity index (χ1v) is 10.5. The molecule has 2 aromatic rings. The number of benzene rings is 1. The second-order valence-corrected chi connectivity index (χ2v) is 7.65. The fraction of sp³-hybridized carbons (Fsp3) is 0.545. The second kappa shape index (κ2) is 10.3. The van der Waals surface area contributed by atoms with E-state index in [1.165, 1.54) is 0 Å². The second-order valence-electron chi connectivity index (χ2n) is 7.65. The van der Waals surface area contributed by atoms with Crippen molar-refractivity contribution in [1.82, 2.24) is 19.8 Å². The summed E-state index contributed by atoms with van der Waals surface area (Å²) in [6.45, 7) is 7.14. The predicted molar refractivity (Wildman–Crippen MR) is 117 cm³/mol. The van der Waals surface area contributed by atoms with Crippen molar-refractivity contribution in [3.05, 3.63) is 42.5 Å². The van der Waals surface area contributed by atoms with Crippen molar-refractivity contribution >= 4 is 5.96 Å². The molecule has 3 rings (SSSR count). The average molecular weight is 416 g/mol. The van der Waals surface area contributed by atoms with E-state index in [1.54, 1.807) is 20.3 Å². The summed E-state index contributed by atoms with van der Waals surface area (Å²) in [6, 6.07) is 5.76. The van der Waals surface area contributed by atoms with Crippen LogP contribution in [0, 0.1) is 5.92 Å². The number of guanidine groups is 1. The molecule has 164 valence electrons. The number of aromatic nitrogens is 2. The van der Waals surface area contributed by atoms with E-state index in [0.717, 1.165) is 32.0 Å². The van der Waals surface area contributed by atoms with Crippen molar-refractivity contribution in [3.8, 4) is 11.5 Å². The van der Waals surface area contributed by atoms with Crippen LogP contribution in [0.1, 0.15) is 38.0 Å². The Hall–Kier alpha value is -2.74. The molecule has 1 saturated heterocycles. The van der Waals surface area contributed by atoms with Crippen LogP contribution in [0.15, 0.2) is 41.9 Å². The minimum Gasteiger partial charge on any atom is -0.497 e. The molecule has 1 fully saturated rings. The molecule has 1 aliphatic heterocycles. The number of hydrogen-bond donors (Lipinski definition) is 2. The smallest absolute Gasteiger partial charge is 0.194 e. The lowest BCUT2D eigenvalue weighted by Crippen LogP contribution is -2.49. The number of aliphatic hydroxyl groups is 1. The van der Waals surface area contributed by atoms with Crippen LogP contribution in [-0.4, -0.2) is 65.9 Å². The van der Waals surface area contributed by atoms with Gasteiger partial charge in [-0.1, -0.05) is 6.92 Å². The van der Waals surface area contributed by atoms with Crippen LogP contribution in [0.2, 0.25) is 0 Å². The Labute approximate surface area is 178 Å². The Morgan fingerprint density at radius 2 is 2.03 bits per heavy atom. The summed E-state index contributed by atoms with van der Waals surface area (Å²) in [5.41, 5.74) is 0.717. The molecule has 0 aliphatic carbocycles. The summed E-state index contributed by atoms with van der Waals surface area (Å²) in [5, 5.41) is 14.1. The van der Waals surface area contributed by atoms with E-state index in [0.29, 0.717) is 29.0 Å². The fourth-order valence-corrected chi connectivity index (χ4v) is 3.82. The molecule has 30 heavy (non-hydrogen) atoms. The zero-order valence-corrected chi connectivity index (χ0v) is 18.3. The lowest BCUT2D eigenvalue weighted by Gasteiger charge is -2.39. The van der Waals surface area contributed by atoms with E-state index in [4.69, 9.17) is 14.5 Å². The largest absolute Gasteiger partial charge is 0.497 e. The molecule has 0 bridgehead atoms. The van der Waals surface area contributed by atoms with Gasteiger partial charge < -0.3 is 29.4 Å². The van der Waals surface area contributed by atoms with E-state index >= 15 is 0 Å². The zero-order chi connectivity index (χ0) is 21.5. The molecule has 8 nitrogen and oxygen atoms in total. The van der Waals surface area contributed by atoms with Crippen molar-refractivity contribution in [2.45, 2.75) is 32.4 Å². The van der Waals surface area contributed by atoms with Crippen LogP contribution in [-0.2, 0) is 0 Å². The van der Waals surface area contributed by atoms with E-state index < -0.39 is 6.10 Å². The monoisotopic (exact) mass is 415 g/mol. The minimum atomic E-state index is -0.754. The topological polar surface area (TPSA) is 84.1 Å². The first-order chi connectivity index (χ1) is 14.5. The van der Waals surface area contributed by atoms with E-state index in [9.17, 15) is 5.11 Å². The van der Waals surface area contributed by atoms with Gasteiger partial charge in [0, 0.05) is 38.1 Å². The lowest BCUT2D eigenvalue weighted by molar-refractivity contribution is 0.178. The number of aliphatic imine (C=N–C) groups is 1. The summed E-state index contributed by atoms with van der Waals surface area (Å²) in [6.07, 6.45) is 6.05. The number of imidazole rings is 1. The minimum absolute atomic E-state index is 0.250. The summed E-state index contributed by atoms with van der Waals surface area (Å²) in [7, 11) is 3.20. The third kappa shape index (κ3) is 5.24.